The van der Waals surface area contributed by atoms with Crippen LogP contribution in [0.5, 0.6) is 11.5 Å². The molecule has 1 N–H and O–H groups in total. The standard InChI is InChI=1S/C24H25BrN2O5/c1-26(2)9-4-10-27-21(15-5-3-6-17(25)13-15)20(23(29)24(27)30)22(28)16-7-8-18-19(14-16)32-12-11-31-18/h3,5-8,13-14,21,28H,4,9-12H2,1-2H3/b22-20+. The van der Waals surface area contributed by atoms with E-state index in [2.05, 4.69) is 15.9 Å². The Morgan fingerprint density at radius 1 is 1.12 bits per heavy atom. The molecule has 2 aromatic rings. The number of fused-ring (bicyclic) bond motifs is 1. The van der Waals surface area contributed by atoms with Gasteiger partial charge >= 0.3 is 0 Å². The monoisotopic (exact) mass is 500 g/mol. The van der Waals surface area contributed by atoms with Crippen molar-refractivity contribution in [1.82, 2.24) is 9.80 Å². The number of carbonyl (C=O) groups is 2. The third kappa shape index (κ3) is 4.38. The second-order valence-corrected chi connectivity index (χ2v) is 8.98. The van der Waals surface area contributed by atoms with Crippen molar-refractivity contribution in [1.29, 1.82) is 0 Å². The maximum Gasteiger partial charge on any atom is 0.295 e. The van der Waals surface area contributed by atoms with E-state index in [0.717, 1.165) is 16.6 Å². The van der Waals surface area contributed by atoms with Gasteiger partial charge in [0.25, 0.3) is 11.7 Å². The summed E-state index contributed by atoms with van der Waals surface area (Å²) in [5.41, 5.74) is 1.23. The average molecular weight is 501 g/mol. The molecule has 0 aliphatic carbocycles. The molecule has 8 heteroatoms. The Balaban J connectivity index is 1.79. The quantitative estimate of drug-likeness (QED) is 0.370. The lowest BCUT2D eigenvalue weighted by molar-refractivity contribution is -0.139. The lowest BCUT2D eigenvalue weighted by Crippen LogP contribution is -2.32. The fourth-order valence-corrected chi connectivity index (χ4v) is 4.45. The van der Waals surface area contributed by atoms with Crippen LogP contribution in [0.25, 0.3) is 5.76 Å². The van der Waals surface area contributed by atoms with Gasteiger partial charge in [-0.1, -0.05) is 28.1 Å². The third-order valence-electron chi connectivity index (χ3n) is 5.52. The van der Waals surface area contributed by atoms with Gasteiger partial charge in [-0.05, 0) is 63.0 Å². The van der Waals surface area contributed by atoms with Crippen molar-refractivity contribution in [3.63, 3.8) is 0 Å². The number of amides is 1. The number of ketones is 1. The van der Waals surface area contributed by atoms with Gasteiger partial charge in [-0.15, -0.1) is 0 Å². The van der Waals surface area contributed by atoms with Crippen molar-refractivity contribution in [2.45, 2.75) is 12.5 Å². The summed E-state index contributed by atoms with van der Waals surface area (Å²) in [4.78, 5) is 29.7. The first kappa shape index (κ1) is 22.4. The van der Waals surface area contributed by atoms with E-state index in [1.165, 1.54) is 0 Å². The zero-order valence-corrected chi connectivity index (χ0v) is 19.6. The molecule has 0 bridgehead atoms. The predicted molar refractivity (Wildman–Crippen MR) is 124 cm³/mol. The van der Waals surface area contributed by atoms with E-state index in [9.17, 15) is 14.7 Å². The topological polar surface area (TPSA) is 79.3 Å². The number of nitrogens with zero attached hydrogens (tertiary/aromatic N) is 2. The average Bonchev–Trinajstić information content (AvgIpc) is 3.03. The first-order chi connectivity index (χ1) is 15.4. The molecule has 1 fully saturated rings. The van der Waals surface area contributed by atoms with Crippen molar-refractivity contribution in [2.24, 2.45) is 0 Å². The molecule has 0 spiro atoms. The van der Waals surface area contributed by atoms with Gasteiger partial charge in [0.2, 0.25) is 0 Å². The molecule has 0 saturated carbocycles. The van der Waals surface area contributed by atoms with Gasteiger partial charge in [0.15, 0.2) is 11.5 Å². The number of ether oxygens (including phenoxy) is 2. The lowest BCUT2D eigenvalue weighted by atomic mass is 9.95. The van der Waals surface area contributed by atoms with Gasteiger partial charge in [0.1, 0.15) is 19.0 Å². The fraction of sp³-hybridized carbons (Fsp3) is 0.333. The highest BCUT2D eigenvalue weighted by Gasteiger charge is 2.45. The Morgan fingerprint density at radius 2 is 1.88 bits per heavy atom. The molecule has 32 heavy (non-hydrogen) atoms. The zero-order chi connectivity index (χ0) is 22.8. The number of likely N-dealkylation sites (tertiary alicyclic amines) is 1. The Labute approximate surface area is 195 Å². The molecule has 2 aliphatic rings. The van der Waals surface area contributed by atoms with Crippen molar-refractivity contribution >= 4 is 33.4 Å². The van der Waals surface area contributed by atoms with Crippen LogP contribution in [-0.2, 0) is 9.59 Å². The number of hydrogen-bond acceptors (Lipinski definition) is 6. The summed E-state index contributed by atoms with van der Waals surface area (Å²) in [6, 6.07) is 11.8. The van der Waals surface area contributed by atoms with Crippen LogP contribution in [0.15, 0.2) is 52.5 Å². The molecule has 4 rings (SSSR count). The van der Waals surface area contributed by atoms with Gasteiger partial charge in [-0.25, -0.2) is 0 Å². The maximum atomic E-state index is 13.1. The summed E-state index contributed by atoms with van der Waals surface area (Å²) in [6.07, 6.45) is 0.703. The number of benzene rings is 2. The van der Waals surface area contributed by atoms with E-state index in [0.29, 0.717) is 43.2 Å². The fourth-order valence-electron chi connectivity index (χ4n) is 4.04. The van der Waals surface area contributed by atoms with Crippen LogP contribution in [0.3, 0.4) is 0 Å². The van der Waals surface area contributed by atoms with Gasteiger partial charge in [0, 0.05) is 16.6 Å². The largest absolute Gasteiger partial charge is 0.507 e. The van der Waals surface area contributed by atoms with Crippen LogP contribution < -0.4 is 9.47 Å². The van der Waals surface area contributed by atoms with E-state index in [1.54, 1.807) is 23.1 Å². The number of Topliss-reactive ketones (excluding diaryl/α,β-unsaturated/α-hetero) is 1. The zero-order valence-electron chi connectivity index (χ0n) is 18.0. The minimum atomic E-state index is -0.688. The molecule has 0 radical (unpaired) electrons. The van der Waals surface area contributed by atoms with Crippen LogP contribution in [0.1, 0.15) is 23.6 Å². The number of aliphatic hydroxyl groups excluding tert-OH is 1. The second-order valence-electron chi connectivity index (χ2n) is 8.06. The smallest absolute Gasteiger partial charge is 0.295 e. The van der Waals surface area contributed by atoms with E-state index in [1.807, 2.05) is 43.3 Å². The van der Waals surface area contributed by atoms with E-state index < -0.39 is 17.7 Å². The normalized spacial score (nSPS) is 19.6. The number of hydrogen-bond donors (Lipinski definition) is 1. The third-order valence-corrected chi connectivity index (χ3v) is 6.02. The van der Waals surface area contributed by atoms with Crippen molar-refractivity contribution in [3.8, 4) is 11.5 Å². The molecule has 168 valence electrons. The number of aliphatic hydroxyl groups is 1. The molecule has 1 amide bonds. The SMILES string of the molecule is CN(C)CCCN1C(=O)C(=O)/C(=C(/O)c2ccc3c(c2)OCCO3)C1c1cccc(Br)c1. The molecular weight excluding hydrogens is 476 g/mol. The van der Waals surface area contributed by atoms with Crippen molar-refractivity contribution < 1.29 is 24.2 Å². The summed E-state index contributed by atoms with van der Waals surface area (Å²) in [7, 11) is 3.92. The van der Waals surface area contributed by atoms with Gasteiger partial charge in [0.05, 0.1) is 11.6 Å². The summed E-state index contributed by atoms with van der Waals surface area (Å²) in [5, 5.41) is 11.2. The summed E-state index contributed by atoms with van der Waals surface area (Å²) < 4.78 is 12.0. The highest BCUT2D eigenvalue weighted by Crippen LogP contribution is 2.41. The Bertz CT molecular complexity index is 1080. The van der Waals surface area contributed by atoms with Gasteiger partial charge in [-0.2, -0.15) is 0 Å². The van der Waals surface area contributed by atoms with Crippen molar-refractivity contribution in [3.05, 3.63) is 63.6 Å². The van der Waals surface area contributed by atoms with Gasteiger partial charge in [-0.3, -0.25) is 9.59 Å². The van der Waals surface area contributed by atoms with E-state index in [4.69, 9.17) is 9.47 Å². The molecule has 1 saturated heterocycles. The second kappa shape index (κ2) is 9.34. The Morgan fingerprint density at radius 3 is 2.59 bits per heavy atom. The molecule has 7 nitrogen and oxygen atoms in total. The first-order valence-electron chi connectivity index (χ1n) is 10.5. The van der Waals surface area contributed by atoms with Crippen molar-refractivity contribution in [2.75, 3.05) is 40.4 Å². The number of halogens is 1. The summed E-state index contributed by atoms with van der Waals surface area (Å²) in [5.74, 6) is -0.430. The van der Waals surface area contributed by atoms with E-state index >= 15 is 0 Å². The highest BCUT2D eigenvalue weighted by molar-refractivity contribution is 9.10. The lowest BCUT2D eigenvalue weighted by Gasteiger charge is -2.26. The van der Waals surface area contributed by atoms with Crippen LogP contribution in [-0.4, -0.2) is 67.0 Å². The van der Waals surface area contributed by atoms with Crippen LogP contribution in [0.4, 0.5) is 0 Å². The summed E-state index contributed by atoms with van der Waals surface area (Å²) in [6.45, 7) is 2.04. The molecule has 1 unspecified atom stereocenters. The van der Waals surface area contributed by atoms with Crippen LogP contribution in [0, 0.1) is 0 Å². The molecule has 1 atom stereocenters. The summed E-state index contributed by atoms with van der Waals surface area (Å²) >= 11 is 3.47. The minimum absolute atomic E-state index is 0.0784. The molecular formula is C24H25BrN2O5. The highest BCUT2D eigenvalue weighted by atomic mass is 79.9. The molecule has 2 aromatic carbocycles. The Kier molecular flexibility index (Phi) is 6.53. The molecule has 2 heterocycles. The van der Waals surface area contributed by atoms with Crippen LogP contribution in [0.2, 0.25) is 0 Å². The predicted octanol–water partition coefficient (Wildman–Crippen LogP) is 3.59. The number of rotatable bonds is 6. The molecule has 0 aromatic heterocycles. The van der Waals surface area contributed by atoms with Crippen LogP contribution >= 0.6 is 15.9 Å². The first-order valence-corrected chi connectivity index (χ1v) is 11.2. The minimum Gasteiger partial charge on any atom is -0.507 e. The number of carbonyl (C=O) groups excluding carboxylic acids is 2. The van der Waals surface area contributed by atoms with E-state index in [-0.39, 0.29) is 11.3 Å². The maximum absolute atomic E-state index is 13.1. The Hall–Kier alpha value is -2.84. The molecule has 2 aliphatic heterocycles. The van der Waals surface area contributed by atoms with Gasteiger partial charge < -0.3 is 24.4 Å².